The largest absolute Gasteiger partial charge is 0.351 e. The van der Waals surface area contributed by atoms with Crippen LogP contribution in [0.25, 0.3) is 5.69 Å². The Morgan fingerprint density at radius 2 is 2.00 bits per heavy atom. The van der Waals surface area contributed by atoms with Crippen LogP contribution in [0.5, 0.6) is 0 Å². The summed E-state index contributed by atoms with van der Waals surface area (Å²) in [6, 6.07) is 5.97. The van der Waals surface area contributed by atoms with Crippen LogP contribution >= 0.6 is 35.3 Å². The second-order valence-electron chi connectivity index (χ2n) is 6.02. The Bertz CT molecular complexity index is 747. The number of nitrogens with one attached hydrogen (secondary N) is 1. The Morgan fingerprint density at radius 1 is 1.39 bits per heavy atom. The van der Waals surface area contributed by atoms with Crippen LogP contribution in [-0.4, -0.2) is 26.5 Å². The topological polar surface area (TPSA) is 46.9 Å². The molecule has 1 amide bonds. The molecule has 0 saturated heterocycles. The monoisotopic (exact) mass is 371 g/mol. The summed E-state index contributed by atoms with van der Waals surface area (Å²) >= 11 is 8.00. The van der Waals surface area contributed by atoms with Crippen molar-refractivity contribution in [2.24, 2.45) is 0 Å². The van der Waals surface area contributed by atoms with Crippen LogP contribution in [0.3, 0.4) is 0 Å². The molecule has 0 aliphatic heterocycles. The van der Waals surface area contributed by atoms with E-state index in [-0.39, 0.29) is 22.5 Å². The summed E-state index contributed by atoms with van der Waals surface area (Å²) in [5.41, 5.74) is 0.428. The second-order valence-corrected chi connectivity index (χ2v) is 9.23. The minimum absolute atomic E-state index is 0.0445. The molecule has 2 aromatic rings. The summed E-state index contributed by atoms with van der Waals surface area (Å²) in [6.07, 6.45) is 0. The highest BCUT2D eigenvalue weighted by atomic mass is 32.2. The molecule has 0 aliphatic rings. The van der Waals surface area contributed by atoms with Gasteiger partial charge in [0.15, 0.2) is 8.29 Å². The van der Waals surface area contributed by atoms with Gasteiger partial charge in [-0.3, -0.25) is 4.79 Å². The fraction of sp³-hybridized carbons (Fsp3) is 0.400. The smallest absolute Gasteiger partial charge is 0.233 e. The first-order valence-corrected chi connectivity index (χ1v) is 9.11. The number of rotatable bonds is 4. The lowest BCUT2D eigenvalue weighted by atomic mass is 10.1. The van der Waals surface area contributed by atoms with Gasteiger partial charge in [-0.15, -0.1) is 5.10 Å². The molecule has 4 nitrogen and oxygen atoms in total. The molecular weight excluding hydrogens is 353 g/mol. The molecule has 0 radical (unpaired) electrons. The van der Waals surface area contributed by atoms with Gasteiger partial charge in [0.1, 0.15) is 5.82 Å². The molecule has 0 unspecified atom stereocenters. The predicted octanol–water partition coefficient (Wildman–Crippen LogP) is 4.20. The summed E-state index contributed by atoms with van der Waals surface area (Å²) in [7, 11) is 0. The van der Waals surface area contributed by atoms with Crippen LogP contribution in [0.1, 0.15) is 27.7 Å². The molecule has 1 heterocycles. The van der Waals surface area contributed by atoms with E-state index in [1.807, 2.05) is 27.7 Å². The number of aromatic nitrogens is 2. The molecule has 1 aromatic heterocycles. The van der Waals surface area contributed by atoms with E-state index >= 15 is 0 Å². The third kappa shape index (κ3) is 5.12. The fourth-order valence-corrected chi connectivity index (χ4v) is 4.24. The SMILES string of the molecule is C[C@@H](Sc1nn(-c2ccc(F)cc2)c(=S)s1)C(=O)NC(C)(C)C. The van der Waals surface area contributed by atoms with Gasteiger partial charge in [-0.1, -0.05) is 23.1 Å². The van der Waals surface area contributed by atoms with Gasteiger partial charge in [-0.2, -0.15) is 0 Å². The summed E-state index contributed by atoms with van der Waals surface area (Å²) in [5, 5.41) is 7.08. The number of halogens is 1. The molecule has 0 aliphatic carbocycles. The highest BCUT2D eigenvalue weighted by Gasteiger charge is 2.21. The Morgan fingerprint density at radius 3 is 2.57 bits per heavy atom. The number of hydrogen-bond acceptors (Lipinski definition) is 5. The number of nitrogens with zero attached hydrogens (tertiary/aromatic N) is 2. The van der Waals surface area contributed by atoms with Gasteiger partial charge < -0.3 is 5.32 Å². The molecule has 0 bridgehead atoms. The predicted molar refractivity (Wildman–Crippen MR) is 95.4 cm³/mol. The number of benzene rings is 1. The number of carbonyl (C=O) groups excluding carboxylic acids is 1. The van der Waals surface area contributed by atoms with E-state index in [0.29, 0.717) is 14.0 Å². The number of hydrogen-bond donors (Lipinski definition) is 1. The van der Waals surface area contributed by atoms with Crippen LogP contribution in [-0.2, 0) is 4.79 Å². The zero-order chi connectivity index (χ0) is 17.2. The standard InChI is InChI=1S/C15H18FN3OS3/c1-9(12(20)17-15(2,3)4)22-13-18-19(14(21)23-13)11-7-5-10(16)6-8-11/h5-9H,1-4H3,(H,17,20)/t9-/m1/s1. The second kappa shape index (κ2) is 7.11. The minimum Gasteiger partial charge on any atom is -0.351 e. The molecule has 124 valence electrons. The van der Waals surface area contributed by atoms with Crippen molar-refractivity contribution in [1.29, 1.82) is 0 Å². The van der Waals surface area contributed by atoms with Gasteiger partial charge in [0.2, 0.25) is 5.91 Å². The lowest BCUT2D eigenvalue weighted by Gasteiger charge is -2.22. The lowest BCUT2D eigenvalue weighted by Crippen LogP contribution is -2.44. The lowest BCUT2D eigenvalue weighted by molar-refractivity contribution is -0.121. The highest BCUT2D eigenvalue weighted by Crippen LogP contribution is 2.28. The van der Waals surface area contributed by atoms with Crippen molar-refractivity contribution in [3.05, 3.63) is 34.0 Å². The van der Waals surface area contributed by atoms with E-state index in [1.54, 1.807) is 16.8 Å². The molecule has 0 fully saturated rings. The maximum Gasteiger partial charge on any atom is 0.233 e. The van der Waals surface area contributed by atoms with E-state index in [9.17, 15) is 9.18 Å². The average Bonchev–Trinajstić information content (AvgIpc) is 2.78. The Hall–Kier alpha value is -1.25. The first-order valence-electron chi connectivity index (χ1n) is 7.00. The number of carbonyl (C=O) groups is 1. The first-order chi connectivity index (χ1) is 10.7. The minimum atomic E-state index is -0.308. The molecule has 0 spiro atoms. The third-order valence-corrected chi connectivity index (χ3v) is 5.16. The van der Waals surface area contributed by atoms with Crippen molar-refractivity contribution >= 4 is 41.2 Å². The molecule has 2 rings (SSSR count). The fourth-order valence-electron chi connectivity index (χ4n) is 1.73. The quantitative estimate of drug-likeness (QED) is 0.646. The van der Waals surface area contributed by atoms with Crippen LogP contribution < -0.4 is 5.32 Å². The summed E-state index contributed by atoms with van der Waals surface area (Å²) < 4.78 is 15.8. The molecule has 1 N–H and O–H groups in total. The van der Waals surface area contributed by atoms with E-state index in [0.717, 1.165) is 0 Å². The molecular formula is C15H18FN3OS3. The van der Waals surface area contributed by atoms with Crippen LogP contribution in [0, 0.1) is 9.77 Å². The maximum atomic E-state index is 13.0. The van der Waals surface area contributed by atoms with Gasteiger partial charge in [0.25, 0.3) is 0 Å². The Balaban J connectivity index is 2.13. The van der Waals surface area contributed by atoms with Crippen LogP contribution in [0.4, 0.5) is 4.39 Å². The van der Waals surface area contributed by atoms with E-state index in [1.165, 1.54) is 35.2 Å². The molecule has 1 atom stereocenters. The van der Waals surface area contributed by atoms with Gasteiger partial charge in [-0.05, 0) is 64.2 Å². The van der Waals surface area contributed by atoms with Crippen molar-refractivity contribution < 1.29 is 9.18 Å². The first kappa shape index (κ1) is 18.1. The number of thioether (sulfide) groups is 1. The average molecular weight is 372 g/mol. The third-order valence-electron chi connectivity index (χ3n) is 2.75. The van der Waals surface area contributed by atoms with Gasteiger partial charge in [0, 0.05) is 5.54 Å². The van der Waals surface area contributed by atoms with Gasteiger partial charge in [-0.25, -0.2) is 9.07 Å². The molecule has 8 heteroatoms. The summed E-state index contributed by atoms with van der Waals surface area (Å²) in [4.78, 5) is 12.1. The summed E-state index contributed by atoms with van der Waals surface area (Å²) in [5.74, 6) is -0.352. The van der Waals surface area contributed by atoms with Crippen molar-refractivity contribution in [2.75, 3.05) is 0 Å². The van der Waals surface area contributed by atoms with Crippen molar-refractivity contribution in [2.45, 2.75) is 42.8 Å². The zero-order valence-electron chi connectivity index (χ0n) is 13.3. The van der Waals surface area contributed by atoms with E-state index in [2.05, 4.69) is 10.4 Å². The maximum absolute atomic E-state index is 13.0. The normalized spacial score (nSPS) is 12.9. The molecule has 0 saturated carbocycles. The highest BCUT2D eigenvalue weighted by molar-refractivity contribution is 8.02. The van der Waals surface area contributed by atoms with E-state index in [4.69, 9.17) is 12.2 Å². The van der Waals surface area contributed by atoms with Crippen molar-refractivity contribution in [3.8, 4) is 5.69 Å². The van der Waals surface area contributed by atoms with Gasteiger partial charge in [0.05, 0.1) is 10.9 Å². The molecule has 1 aromatic carbocycles. The van der Waals surface area contributed by atoms with Crippen molar-refractivity contribution in [1.82, 2.24) is 15.1 Å². The Kier molecular flexibility index (Phi) is 5.59. The number of amides is 1. The van der Waals surface area contributed by atoms with E-state index < -0.39 is 0 Å². The van der Waals surface area contributed by atoms with Crippen LogP contribution in [0.2, 0.25) is 0 Å². The van der Waals surface area contributed by atoms with Crippen molar-refractivity contribution in [3.63, 3.8) is 0 Å². The summed E-state index contributed by atoms with van der Waals surface area (Å²) in [6.45, 7) is 7.65. The van der Waals surface area contributed by atoms with Crippen LogP contribution in [0.15, 0.2) is 28.6 Å². The zero-order valence-corrected chi connectivity index (χ0v) is 15.7. The van der Waals surface area contributed by atoms with Gasteiger partial charge >= 0.3 is 0 Å². The Labute approximate surface area is 148 Å². The molecule has 23 heavy (non-hydrogen) atoms.